The molecule has 0 bridgehead atoms. The third-order valence-corrected chi connectivity index (χ3v) is 3.40. The van der Waals surface area contributed by atoms with Crippen LogP contribution in [0, 0.1) is 5.92 Å². The van der Waals surface area contributed by atoms with Gasteiger partial charge in [0, 0.05) is 12.0 Å². The van der Waals surface area contributed by atoms with Crippen LogP contribution in [0.5, 0.6) is 0 Å². The van der Waals surface area contributed by atoms with Crippen molar-refractivity contribution in [3.8, 4) is 0 Å². The van der Waals surface area contributed by atoms with E-state index in [0.29, 0.717) is 0 Å². The van der Waals surface area contributed by atoms with Crippen molar-refractivity contribution < 1.29 is 4.79 Å². The van der Waals surface area contributed by atoms with Gasteiger partial charge in [0.25, 0.3) is 0 Å². The Labute approximate surface area is 123 Å². The SMILES string of the molecule is CCCNCCC(C)C(=O)NC(C)Cc1ccccc1. The average Bonchev–Trinajstić information content (AvgIpc) is 2.44. The first-order valence-electron chi connectivity index (χ1n) is 7.68. The zero-order valence-corrected chi connectivity index (χ0v) is 13.0. The minimum absolute atomic E-state index is 0.0672. The van der Waals surface area contributed by atoms with Crippen LogP contribution in [-0.4, -0.2) is 25.0 Å². The fraction of sp³-hybridized carbons (Fsp3) is 0.588. The maximum atomic E-state index is 12.1. The molecule has 0 saturated heterocycles. The van der Waals surface area contributed by atoms with Gasteiger partial charge in [0.2, 0.25) is 5.91 Å². The van der Waals surface area contributed by atoms with Gasteiger partial charge in [-0.1, -0.05) is 44.2 Å². The minimum Gasteiger partial charge on any atom is -0.353 e. The first-order chi connectivity index (χ1) is 9.63. The molecule has 3 nitrogen and oxygen atoms in total. The van der Waals surface area contributed by atoms with E-state index in [0.717, 1.165) is 32.4 Å². The molecule has 0 saturated carbocycles. The molecule has 112 valence electrons. The van der Waals surface area contributed by atoms with Gasteiger partial charge in [0.15, 0.2) is 0 Å². The first kappa shape index (κ1) is 16.7. The summed E-state index contributed by atoms with van der Waals surface area (Å²) in [7, 11) is 0. The highest BCUT2D eigenvalue weighted by Gasteiger charge is 2.14. The lowest BCUT2D eigenvalue weighted by Gasteiger charge is -2.18. The topological polar surface area (TPSA) is 41.1 Å². The number of hydrogen-bond acceptors (Lipinski definition) is 2. The van der Waals surface area contributed by atoms with Gasteiger partial charge in [-0.05, 0) is 44.8 Å². The molecule has 2 atom stereocenters. The average molecular weight is 276 g/mol. The van der Waals surface area contributed by atoms with Crippen molar-refractivity contribution >= 4 is 5.91 Å². The normalized spacial score (nSPS) is 13.8. The summed E-state index contributed by atoms with van der Waals surface area (Å²) in [6.07, 6.45) is 2.91. The van der Waals surface area contributed by atoms with Crippen LogP contribution < -0.4 is 10.6 Å². The zero-order valence-electron chi connectivity index (χ0n) is 13.0. The van der Waals surface area contributed by atoms with E-state index in [1.807, 2.05) is 25.1 Å². The molecule has 0 aromatic heterocycles. The Balaban J connectivity index is 2.26. The van der Waals surface area contributed by atoms with Crippen LogP contribution in [0.4, 0.5) is 0 Å². The Morgan fingerprint density at radius 2 is 1.85 bits per heavy atom. The highest BCUT2D eigenvalue weighted by molar-refractivity contribution is 5.78. The second-order valence-corrected chi connectivity index (χ2v) is 5.54. The van der Waals surface area contributed by atoms with Crippen molar-refractivity contribution in [1.82, 2.24) is 10.6 Å². The van der Waals surface area contributed by atoms with Gasteiger partial charge in [-0.3, -0.25) is 4.79 Å². The van der Waals surface area contributed by atoms with E-state index in [4.69, 9.17) is 0 Å². The predicted molar refractivity (Wildman–Crippen MR) is 84.7 cm³/mol. The number of carbonyl (C=O) groups excluding carboxylic acids is 1. The van der Waals surface area contributed by atoms with Crippen LogP contribution in [0.3, 0.4) is 0 Å². The summed E-state index contributed by atoms with van der Waals surface area (Å²) in [5.74, 6) is 0.226. The fourth-order valence-corrected chi connectivity index (χ4v) is 2.16. The van der Waals surface area contributed by atoms with E-state index in [1.165, 1.54) is 5.56 Å². The van der Waals surface area contributed by atoms with Crippen LogP contribution in [0.15, 0.2) is 30.3 Å². The van der Waals surface area contributed by atoms with Gasteiger partial charge in [0.05, 0.1) is 0 Å². The lowest BCUT2D eigenvalue weighted by Crippen LogP contribution is -2.38. The Morgan fingerprint density at radius 3 is 2.50 bits per heavy atom. The number of amides is 1. The summed E-state index contributed by atoms with van der Waals surface area (Å²) in [4.78, 5) is 12.1. The second-order valence-electron chi connectivity index (χ2n) is 5.54. The summed E-state index contributed by atoms with van der Waals surface area (Å²) < 4.78 is 0. The molecule has 0 fully saturated rings. The molecular weight excluding hydrogens is 248 g/mol. The molecule has 1 aromatic rings. The molecule has 2 unspecified atom stereocenters. The Kier molecular flexibility index (Phi) is 7.97. The maximum Gasteiger partial charge on any atom is 0.223 e. The number of benzene rings is 1. The van der Waals surface area contributed by atoms with E-state index in [9.17, 15) is 4.79 Å². The quantitative estimate of drug-likeness (QED) is 0.681. The van der Waals surface area contributed by atoms with Gasteiger partial charge < -0.3 is 10.6 Å². The predicted octanol–water partition coefficient (Wildman–Crippen LogP) is 2.76. The third-order valence-electron chi connectivity index (χ3n) is 3.40. The maximum absolute atomic E-state index is 12.1. The van der Waals surface area contributed by atoms with Crippen molar-refractivity contribution in [1.29, 1.82) is 0 Å². The molecule has 20 heavy (non-hydrogen) atoms. The summed E-state index contributed by atoms with van der Waals surface area (Å²) >= 11 is 0. The molecular formula is C17H28N2O. The van der Waals surface area contributed by atoms with Crippen molar-refractivity contribution in [2.45, 2.75) is 46.1 Å². The van der Waals surface area contributed by atoms with E-state index < -0.39 is 0 Å². The molecule has 0 aliphatic carbocycles. The standard InChI is InChI=1S/C17H28N2O/c1-4-11-18-12-10-14(2)17(20)19-15(3)13-16-8-6-5-7-9-16/h5-9,14-15,18H,4,10-13H2,1-3H3,(H,19,20). The summed E-state index contributed by atoms with van der Waals surface area (Å²) in [5, 5.41) is 6.44. The highest BCUT2D eigenvalue weighted by atomic mass is 16.1. The molecule has 0 radical (unpaired) electrons. The van der Waals surface area contributed by atoms with E-state index in [1.54, 1.807) is 0 Å². The van der Waals surface area contributed by atoms with Crippen LogP contribution in [0.2, 0.25) is 0 Å². The highest BCUT2D eigenvalue weighted by Crippen LogP contribution is 2.05. The molecule has 1 rings (SSSR count). The molecule has 1 amide bonds. The van der Waals surface area contributed by atoms with E-state index in [2.05, 4.69) is 36.6 Å². The van der Waals surface area contributed by atoms with Crippen LogP contribution in [0.25, 0.3) is 0 Å². The van der Waals surface area contributed by atoms with Crippen LogP contribution >= 0.6 is 0 Å². The Morgan fingerprint density at radius 1 is 1.15 bits per heavy atom. The van der Waals surface area contributed by atoms with Crippen molar-refractivity contribution in [3.05, 3.63) is 35.9 Å². The van der Waals surface area contributed by atoms with Gasteiger partial charge in [-0.2, -0.15) is 0 Å². The van der Waals surface area contributed by atoms with Crippen molar-refractivity contribution in [2.24, 2.45) is 5.92 Å². The lowest BCUT2D eigenvalue weighted by atomic mass is 10.0. The number of nitrogens with one attached hydrogen (secondary N) is 2. The zero-order chi connectivity index (χ0) is 14.8. The van der Waals surface area contributed by atoms with E-state index >= 15 is 0 Å². The lowest BCUT2D eigenvalue weighted by molar-refractivity contribution is -0.125. The third kappa shape index (κ3) is 6.71. The van der Waals surface area contributed by atoms with Crippen molar-refractivity contribution in [2.75, 3.05) is 13.1 Å². The molecule has 3 heteroatoms. The van der Waals surface area contributed by atoms with Crippen molar-refractivity contribution in [3.63, 3.8) is 0 Å². The Hall–Kier alpha value is -1.35. The monoisotopic (exact) mass is 276 g/mol. The Bertz CT molecular complexity index is 378. The number of carbonyl (C=O) groups is 1. The molecule has 0 heterocycles. The molecule has 0 spiro atoms. The summed E-state index contributed by atoms with van der Waals surface area (Å²) in [5.41, 5.74) is 1.26. The van der Waals surface area contributed by atoms with E-state index in [-0.39, 0.29) is 17.9 Å². The minimum atomic E-state index is 0.0672. The second kappa shape index (κ2) is 9.54. The first-order valence-corrected chi connectivity index (χ1v) is 7.68. The fourth-order valence-electron chi connectivity index (χ4n) is 2.16. The molecule has 0 aliphatic rings. The van der Waals surface area contributed by atoms with Gasteiger partial charge in [-0.15, -0.1) is 0 Å². The largest absolute Gasteiger partial charge is 0.353 e. The van der Waals surface area contributed by atoms with Gasteiger partial charge >= 0.3 is 0 Å². The molecule has 0 aliphatic heterocycles. The summed E-state index contributed by atoms with van der Waals surface area (Å²) in [6, 6.07) is 10.5. The van der Waals surface area contributed by atoms with Gasteiger partial charge in [0.1, 0.15) is 0 Å². The smallest absolute Gasteiger partial charge is 0.223 e. The van der Waals surface area contributed by atoms with Gasteiger partial charge in [-0.25, -0.2) is 0 Å². The summed E-state index contributed by atoms with van der Waals surface area (Å²) in [6.45, 7) is 8.15. The number of rotatable bonds is 9. The van der Waals surface area contributed by atoms with Crippen LogP contribution in [-0.2, 0) is 11.2 Å². The van der Waals surface area contributed by atoms with Crippen LogP contribution in [0.1, 0.15) is 39.2 Å². The molecule has 2 N–H and O–H groups in total. The number of hydrogen-bond donors (Lipinski definition) is 2. The molecule has 1 aromatic carbocycles.